The third kappa shape index (κ3) is 5.28. The lowest BCUT2D eigenvalue weighted by atomic mass is 10.0. The summed E-state index contributed by atoms with van der Waals surface area (Å²) in [6.07, 6.45) is 2.13. The van der Waals surface area contributed by atoms with Gasteiger partial charge in [-0.1, -0.05) is 12.1 Å². The van der Waals surface area contributed by atoms with Gasteiger partial charge in [-0.2, -0.15) is 0 Å². The zero-order chi connectivity index (χ0) is 20.8. The van der Waals surface area contributed by atoms with Crippen molar-refractivity contribution in [3.63, 3.8) is 0 Å². The molecule has 29 heavy (non-hydrogen) atoms. The first-order valence-electron chi connectivity index (χ1n) is 10.7. The zero-order valence-electron chi connectivity index (χ0n) is 17.8. The summed E-state index contributed by atoms with van der Waals surface area (Å²) in [5.41, 5.74) is 1.20. The van der Waals surface area contributed by atoms with Gasteiger partial charge in [0.1, 0.15) is 5.75 Å². The highest BCUT2D eigenvalue weighted by Gasteiger charge is 2.43. The molecule has 7 heteroatoms. The summed E-state index contributed by atoms with van der Waals surface area (Å²) in [5.74, 6) is 1.17. The summed E-state index contributed by atoms with van der Waals surface area (Å²) < 4.78 is 5.21. The van der Waals surface area contributed by atoms with E-state index in [0.717, 1.165) is 44.8 Å². The Morgan fingerprint density at radius 1 is 1.28 bits per heavy atom. The molecule has 0 unspecified atom stereocenters. The van der Waals surface area contributed by atoms with Crippen molar-refractivity contribution in [2.24, 2.45) is 0 Å². The number of nitrogens with one attached hydrogen (secondary N) is 2. The van der Waals surface area contributed by atoms with E-state index < -0.39 is 0 Å². The van der Waals surface area contributed by atoms with Crippen molar-refractivity contribution in [2.45, 2.75) is 57.8 Å². The first-order chi connectivity index (χ1) is 14.0. The van der Waals surface area contributed by atoms with Crippen LogP contribution < -0.4 is 15.4 Å². The molecular formula is C22H34N4O3. The molecule has 0 bridgehead atoms. The maximum absolute atomic E-state index is 12.4. The predicted octanol–water partition coefficient (Wildman–Crippen LogP) is 1.37. The fraction of sp³-hybridized carbons (Fsp3) is 0.636. The lowest BCUT2D eigenvalue weighted by Crippen LogP contribution is -2.58. The second kappa shape index (κ2) is 10.1. The fourth-order valence-corrected chi connectivity index (χ4v) is 4.42. The van der Waals surface area contributed by atoms with Gasteiger partial charge in [-0.25, -0.2) is 0 Å². The molecule has 2 aliphatic heterocycles. The average Bonchev–Trinajstić information content (AvgIpc) is 3.18. The van der Waals surface area contributed by atoms with Crippen LogP contribution in [0.4, 0.5) is 0 Å². The van der Waals surface area contributed by atoms with Crippen LogP contribution >= 0.6 is 0 Å². The molecule has 2 saturated heterocycles. The number of fused-ring (bicyclic) bond motifs is 1. The van der Waals surface area contributed by atoms with Crippen molar-refractivity contribution >= 4 is 11.8 Å². The van der Waals surface area contributed by atoms with Crippen LogP contribution in [0.15, 0.2) is 24.3 Å². The number of ether oxygens (including phenoxy) is 1. The Kier molecular flexibility index (Phi) is 7.50. The monoisotopic (exact) mass is 402 g/mol. The molecule has 1 aromatic carbocycles. The SMILES string of the molecule is CCN(CC)C(=O)CC[C@@H]1CNC(=O)[C@@H]2C[C@H](NCc3ccc(OC)cc3)CN12. The van der Waals surface area contributed by atoms with Gasteiger partial charge >= 0.3 is 0 Å². The Balaban J connectivity index is 1.53. The number of methoxy groups -OCH3 is 1. The normalized spacial score (nSPS) is 24.1. The summed E-state index contributed by atoms with van der Waals surface area (Å²) in [5, 5.41) is 6.64. The van der Waals surface area contributed by atoms with Gasteiger partial charge in [0, 0.05) is 51.2 Å². The predicted molar refractivity (Wildman–Crippen MR) is 113 cm³/mol. The van der Waals surface area contributed by atoms with Crippen molar-refractivity contribution in [1.29, 1.82) is 0 Å². The summed E-state index contributed by atoms with van der Waals surface area (Å²) in [7, 11) is 1.67. The van der Waals surface area contributed by atoms with Crippen LogP contribution in [0.3, 0.4) is 0 Å². The van der Waals surface area contributed by atoms with Crippen LogP contribution in [0.1, 0.15) is 38.7 Å². The number of piperazine rings is 1. The number of carbonyl (C=O) groups excluding carboxylic acids is 2. The van der Waals surface area contributed by atoms with Crippen LogP contribution in [0.2, 0.25) is 0 Å². The molecule has 0 radical (unpaired) electrons. The van der Waals surface area contributed by atoms with Crippen LogP contribution in [-0.4, -0.2) is 73.0 Å². The number of amides is 2. The van der Waals surface area contributed by atoms with Crippen molar-refractivity contribution in [3.8, 4) is 5.75 Å². The third-order valence-electron chi connectivity index (χ3n) is 6.18. The van der Waals surface area contributed by atoms with Gasteiger partial charge in [0.05, 0.1) is 13.2 Å². The molecular weight excluding hydrogens is 368 g/mol. The lowest BCUT2D eigenvalue weighted by molar-refractivity contribution is -0.132. The number of rotatable bonds is 9. The van der Waals surface area contributed by atoms with Crippen molar-refractivity contribution in [3.05, 3.63) is 29.8 Å². The minimum atomic E-state index is -0.0920. The van der Waals surface area contributed by atoms with Crippen LogP contribution in [0.5, 0.6) is 5.75 Å². The Bertz CT molecular complexity index is 690. The molecule has 2 amide bonds. The van der Waals surface area contributed by atoms with E-state index in [4.69, 9.17) is 4.74 Å². The smallest absolute Gasteiger partial charge is 0.237 e. The van der Waals surface area contributed by atoms with Gasteiger partial charge in [0.15, 0.2) is 0 Å². The molecule has 160 valence electrons. The van der Waals surface area contributed by atoms with Crippen molar-refractivity contribution in [2.75, 3.05) is 33.3 Å². The summed E-state index contributed by atoms with van der Waals surface area (Å²) in [6, 6.07) is 8.45. The Hall–Kier alpha value is -2.12. The molecule has 2 heterocycles. The largest absolute Gasteiger partial charge is 0.497 e. The molecule has 2 aliphatic rings. The van der Waals surface area contributed by atoms with Gasteiger partial charge in [-0.05, 0) is 44.4 Å². The lowest BCUT2D eigenvalue weighted by Gasteiger charge is -2.37. The van der Waals surface area contributed by atoms with Crippen LogP contribution in [0.25, 0.3) is 0 Å². The van der Waals surface area contributed by atoms with Gasteiger partial charge in [0.2, 0.25) is 11.8 Å². The highest BCUT2D eigenvalue weighted by Crippen LogP contribution is 2.26. The molecule has 0 spiro atoms. The molecule has 0 aromatic heterocycles. The van der Waals surface area contributed by atoms with Crippen molar-refractivity contribution in [1.82, 2.24) is 20.4 Å². The van der Waals surface area contributed by atoms with E-state index in [2.05, 4.69) is 27.7 Å². The molecule has 0 saturated carbocycles. The minimum Gasteiger partial charge on any atom is -0.497 e. The number of nitrogens with zero attached hydrogens (tertiary/aromatic N) is 2. The number of hydrogen-bond donors (Lipinski definition) is 2. The number of hydrogen-bond acceptors (Lipinski definition) is 5. The van der Waals surface area contributed by atoms with E-state index in [1.807, 2.05) is 30.9 Å². The maximum atomic E-state index is 12.4. The highest BCUT2D eigenvalue weighted by molar-refractivity contribution is 5.83. The van der Waals surface area contributed by atoms with Crippen molar-refractivity contribution < 1.29 is 14.3 Å². The van der Waals surface area contributed by atoms with E-state index in [1.165, 1.54) is 5.56 Å². The van der Waals surface area contributed by atoms with Gasteiger partial charge in [0.25, 0.3) is 0 Å². The molecule has 7 nitrogen and oxygen atoms in total. The van der Waals surface area contributed by atoms with Crippen LogP contribution in [-0.2, 0) is 16.1 Å². The zero-order valence-corrected chi connectivity index (χ0v) is 17.8. The summed E-state index contributed by atoms with van der Waals surface area (Å²) in [4.78, 5) is 28.9. The van der Waals surface area contributed by atoms with E-state index in [-0.39, 0.29) is 29.9 Å². The molecule has 3 atom stereocenters. The quantitative estimate of drug-likeness (QED) is 0.653. The fourth-order valence-electron chi connectivity index (χ4n) is 4.42. The maximum Gasteiger partial charge on any atom is 0.237 e. The molecule has 0 aliphatic carbocycles. The Labute approximate surface area is 173 Å². The third-order valence-corrected chi connectivity index (χ3v) is 6.18. The average molecular weight is 403 g/mol. The van der Waals surface area contributed by atoms with E-state index in [0.29, 0.717) is 13.0 Å². The van der Waals surface area contributed by atoms with Gasteiger partial charge < -0.3 is 20.3 Å². The van der Waals surface area contributed by atoms with Crippen LogP contribution in [0, 0.1) is 0 Å². The standard InChI is InChI=1S/C22H34N4O3/c1-4-25(5-2)21(27)11-8-18-14-24-22(28)20-12-17(15-26(18)20)23-13-16-6-9-19(29-3)10-7-16/h6-7,9-10,17-18,20,23H,4-5,8,11-15H2,1-3H3,(H,24,28)/t17-,18+,20-/m0/s1. The Morgan fingerprint density at radius 2 is 2.00 bits per heavy atom. The molecule has 1 aromatic rings. The second-order valence-corrected chi connectivity index (χ2v) is 7.88. The number of benzene rings is 1. The number of carbonyl (C=O) groups is 2. The van der Waals surface area contributed by atoms with E-state index >= 15 is 0 Å². The van der Waals surface area contributed by atoms with E-state index in [1.54, 1.807) is 7.11 Å². The first-order valence-corrected chi connectivity index (χ1v) is 10.7. The van der Waals surface area contributed by atoms with Gasteiger partial charge in [-0.15, -0.1) is 0 Å². The highest BCUT2D eigenvalue weighted by atomic mass is 16.5. The first kappa shape index (κ1) is 21.6. The minimum absolute atomic E-state index is 0.0920. The Morgan fingerprint density at radius 3 is 2.66 bits per heavy atom. The molecule has 3 rings (SSSR count). The van der Waals surface area contributed by atoms with E-state index in [9.17, 15) is 9.59 Å². The second-order valence-electron chi connectivity index (χ2n) is 7.88. The summed E-state index contributed by atoms with van der Waals surface area (Å²) >= 11 is 0. The molecule has 2 N–H and O–H groups in total. The molecule has 2 fully saturated rings. The van der Waals surface area contributed by atoms with Gasteiger partial charge in [-0.3, -0.25) is 14.5 Å². The topological polar surface area (TPSA) is 73.9 Å². The summed E-state index contributed by atoms with van der Waals surface area (Å²) in [6.45, 7) is 7.77.